The van der Waals surface area contributed by atoms with Crippen molar-refractivity contribution in [1.82, 2.24) is 19.7 Å². The van der Waals surface area contributed by atoms with E-state index in [0.29, 0.717) is 22.6 Å². The van der Waals surface area contributed by atoms with E-state index in [-0.39, 0.29) is 36.0 Å². The Morgan fingerprint density at radius 1 is 1.20 bits per heavy atom. The molecule has 0 bridgehead atoms. The number of ketones is 2. The lowest BCUT2D eigenvalue weighted by atomic mass is 10.1. The smallest absolute Gasteiger partial charge is 0.218 e. The zero-order valence-electron chi connectivity index (χ0n) is 19.1. The summed E-state index contributed by atoms with van der Waals surface area (Å²) in [5, 5.41) is 17.1. The van der Waals surface area contributed by atoms with Gasteiger partial charge in [0.1, 0.15) is 30.1 Å². The molecule has 3 aromatic rings. The third-order valence-electron chi connectivity index (χ3n) is 5.59. The van der Waals surface area contributed by atoms with Crippen molar-refractivity contribution < 1.29 is 24.2 Å². The molecular formula is C25H23N5O5. The maximum absolute atomic E-state index is 13.3. The predicted molar refractivity (Wildman–Crippen MR) is 124 cm³/mol. The fraction of sp³-hybridized carbons (Fsp3) is 0.240. The number of carbonyl (C=O) groups is 2. The number of benzene rings is 1. The molecular weight excluding hydrogens is 450 g/mol. The van der Waals surface area contributed by atoms with Gasteiger partial charge in [0.2, 0.25) is 11.6 Å². The first-order chi connectivity index (χ1) is 16.8. The van der Waals surface area contributed by atoms with Crippen LogP contribution >= 0.6 is 0 Å². The fourth-order valence-electron chi connectivity index (χ4n) is 3.98. The monoisotopic (exact) mass is 473 g/mol. The minimum absolute atomic E-state index is 0.00770. The first-order valence-corrected chi connectivity index (χ1v) is 11.0. The van der Waals surface area contributed by atoms with Crippen LogP contribution in [0.1, 0.15) is 40.3 Å². The number of carbonyl (C=O) groups excluding carboxylic acids is 2. The van der Waals surface area contributed by atoms with Crippen LogP contribution in [-0.4, -0.2) is 54.9 Å². The minimum Gasteiger partial charge on any atom is -0.464 e. The molecule has 3 heterocycles. The van der Waals surface area contributed by atoms with Crippen LogP contribution in [0.15, 0.2) is 78.2 Å². The Bertz CT molecular complexity index is 1360. The Morgan fingerprint density at radius 3 is 2.77 bits per heavy atom. The summed E-state index contributed by atoms with van der Waals surface area (Å²) in [5.74, 6) is -0.578. The van der Waals surface area contributed by atoms with Gasteiger partial charge >= 0.3 is 0 Å². The van der Waals surface area contributed by atoms with Gasteiger partial charge in [-0.2, -0.15) is 5.10 Å². The Labute approximate surface area is 200 Å². The Morgan fingerprint density at radius 2 is 2.00 bits per heavy atom. The Kier molecular flexibility index (Phi) is 5.75. The Balaban J connectivity index is 1.35. The third kappa shape index (κ3) is 4.48. The number of Topliss-reactive ketones (excluding diaryl/α,β-unsaturated/α-hetero) is 1. The number of hydrogen-bond acceptors (Lipinski definition) is 9. The van der Waals surface area contributed by atoms with Crippen molar-refractivity contribution in [1.29, 1.82) is 0 Å². The fourth-order valence-corrected chi connectivity index (χ4v) is 3.98. The number of nitrogens with one attached hydrogen (secondary N) is 1. The molecule has 1 aromatic carbocycles. The number of aliphatic hydroxyl groups is 1. The Hall–Kier alpha value is -4.15. The molecule has 0 spiro atoms. The SMILES string of the molecule is CC1(C)OC2=C(CO)C=C(Nc3ncncc3C(=O)c3ccn(CC(=O)c4ccccc4)n3)[C@@H]2O1. The molecule has 1 saturated heterocycles. The quantitative estimate of drug-likeness (QED) is 0.474. The first kappa shape index (κ1) is 22.6. The number of anilines is 1. The van der Waals surface area contributed by atoms with E-state index < -0.39 is 17.7 Å². The minimum atomic E-state index is -0.851. The van der Waals surface area contributed by atoms with Gasteiger partial charge in [-0.15, -0.1) is 0 Å². The average molecular weight is 473 g/mol. The predicted octanol–water partition coefficient (Wildman–Crippen LogP) is 2.49. The van der Waals surface area contributed by atoms with Crippen molar-refractivity contribution in [2.45, 2.75) is 32.3 Å². The van der Waals surface area contributed by atoms with E-state index >= 15 is 0 Å². The zero-order chi connectivity index (χ0) is 24.6. The number of aromatic nitrogens is 4. The van der Waals surface area contributed by atoms with E-state index in [1.165, 1.54) is 17.2 Å². The second kappa shape index (κ2) is 8.90. The second-order valence-corrected chi connectivity index (χ2v) is 8.57. The number of rotatable bonds is 8. The van der Waals surface area contributed by atoms with Crippen molar-refractivity contribution in [2.24, 2.45) is 0 Å². The molecule has 2 N–H and O–H groups in total. The highest BCUT2D eigenvalue weighted by Crippen LogP contribution is 2.41. The van der Waals surface area contributed by atoms with Gasteiger partial charge in [0, 0.05) is 37.4 Å². The molecule has 0 amide bonds. The molecule has 0 saturated carbocycles. The highest BCUT2D eigenvalue weighted by molar-refractivity contribution is 6.10. The van der Waals surface area contributed by atoms with Crippen LogP contribution in [0.3, 0.4) is 0 Å². The van der Waals surface area contributed by atoms with E-state index in [2.05, 4.69) is 20.4 Å². The van der Waals surface area contributed by atoms with Crippen molar-refractivity contribution in [3.63, 3.8) is 0 Å². The molecule has 1 atom stereocenters. The molecule has 178 valence electrons. The van der Waals surface area contributed by atoms with E-state index in [1.807, 2.05) is 6.07 Å². The van der Waals surface area contributed by atoms with Gasteiger partial charge in [0.05, 0.1) is 17.9 Å². The molecule has 2 aromatic heterocycles. The number of aliphatic hydroxyl groups excluding tert-OH is 1. The summed E-state index contributed by atoms with van der Waals surface area (Å²) in [5.41, 5.74) is 2.10. The third-order valence-corrected chi connectivity index (χ3v) is 5.59. The molecule has 1 aliphatic carbocycles. The lowest BCUT2D eigenvalue weighted by Gasteiger charge is -2.18. The number of nitrogens with zero attached hydrogens (tertiary/aromatic N) is 4. The topological polar surface area (TPSA) is 128 Å². The van der Waals surface area contributed by atoms with Crippen LogP contribution in [0, 0.1) is 0 Å². The maximum Gasteiger partial charge on any atom is 0.218 e. The average Bonchev–Trinajstić information content (AvgIpc) is 3.53. The van der Waals surface area contributed by atoms with Gasteiger partial charge in [-0.05, 0) is 12.1 Å². The molecule has 1 fully saturated rings. The lowest BCUT2D eigenvalue weighted by Crippen LogP contribution is -2.24. The summed E-state index contributed by atoms with van der Waals surface area (Å²) in [6, 6.07) is 10.4. The summed E-state index contributed by atoms with van der Waals surface area (Å²) >= 11 is 0. The van der Waals surface area contributed by atoms with Gasteiger partial charge < -0.3 is 19.9 Å². The van der Waals surface area contributed by atoms with E-state index in [1.54, 1.807) is 56.5 Å². The largest absolute Gasteiger partial charge is 0.464 e. The van der Waals surface area contributed by atoms with Crippen LogP contribution in [0.5, 0.6) is 0 Å². The van der Waals surface area contributed by atoms with Gasteiger partial charge in [0.25, 0.3) is 0 Å². The van der Waals surface area contributed by atoms with Gasteiger partial charge in [-0.25, -0.2) is 9.97 Å². The summed E-state index contributed by atoms with van der Waals surface area (Å²) in [6.45, 7) is 3.35. The van der Waals surface area contributed by atoms with E-state index in [4.69, 9.17) is 9.47 Å². The van der Waals surface area contributed by atoms with E-state index in [0.717, 1.165) is 0 Å². The number of hydrogen-bond donors (Lipinski definition) is 2. The summed E-state index contributed by atoms with van der Waals surface area (Å²) in [4.78, 5) is 34.0. The van der Waals surface area contributed by atoms with Crippen LogP contribution in [0.4, 0.5) is 5.82 Å². The van der Waals surface area contributed by atoms with Crippen molar-refractivity contribution in [3.05, 3.63) is 95.0 Å². The summed E-state index contributed by atoms with van der Waals surface area (Å²) in [6.07, 6.45) is 5.48. The van der Waals surface area contributed by atoms with Gasteiger partial charge in [-0.3, -0.25) is 14.3 Å². The van der Waals surface area contributed by atoms with Crippen molar-refractivity contribution in [3.8, 4) is 0 Å². The summed E-state index contributed by atoms with van der Waals surface area (Å²) < 4.78 is 13.2. The number of ether oxygens (including phenoxy) is 2. The normalized spacial score (nSPS) is 18.1. The first-order valence-electron chi connectivity index (χ1n) is 11.0. The molecule has 35 heavy (non-hydrogen) atoms. The number of fused-ring (bicyclic) bond motifs is 1. The zero-order valence-corrected chi connectivity index (χ0v) is 19.1. The van der Waals surface area contributed by atoms with Crippen LogP contribution in [0.2, 0.25) is 0 Å². The molecule has 10 nitrogen and oxygen atoms in total. The molecule has 0 radical (unpaired) electrons. The lowest BCUT2D eigenvalue weighted by molar-refractivity contribution is -0.128. The molecule has 0 unspecified atom stereocenters. The molecule has 1 aliphatic heterocycles. The van der Waals surface area contributed by atoms with Crippen LogP contribution in [0.25, 0.3) is 0 Å². The van der Waals surface area contributed by atoms with Crippen LogP contribution in [-0.2, 0) is 16.0 Å². The standard InChI is InChI=1S/C25H23N5O5/c1-25(2)34-22-16(13-31)10-19(23(22)35-25)28-24-17(11-26-14-27-24)21(33)18-8-9-30(29-18)12-20(32)15-6-4-3-5-7-15/h3-11,14,23,31H,12-13H2,1-2H3,(H,26,27,28)/t23-/m0/s1. The van der Waals surface area contributed by atoms with Crippen molar-refractivity contribution in [2.75, 3.05) is 11.9 Å². The highest BCUT2D eigenvalue weighted by Gasteiger charge is 2.44. The van der Waals surface area contributed by atoms with Gasteiger partial charge in [0.15, 0.2) is 11.9 Å². The molecule has 2 aliphatic rings. The van der Waals surface area contributed by atoms with E-state index in [9.17, 15) is 14.7 Å². The summed E-state index contributed by atoms with van der Waals surface area (Å²) in [7, 11) is 0. The highest BCUT2D eigenvalue weighted by atomic mass is 16.7. The second-order valence-electron chi connectivity index (χ2n) is 8.57. The van der Waals surface area contributed by atoms with Crippen LogP contribution < -0.4 is 5.32 Å². The van der Waals surface area contributed by atoms with Gasteiger partial charge in [-0.1, -0.05) is 30.3 Å². The molecule has 5 rings (SSSR count). The van der Waals surface area contributed by atoms with Crippen molar-refractivity contribution >= 4 is 17.4 Å². The molecule has 10 heteroatoms. The maximum atomic E-state index is 13.3.